The van der Waals surface area contributed by atoms with Crippen molar-refractivity contribution in [3.63, 3.8) is 0 Å². The largest absolute Gasteiger partial charge is 0.415 e. The van der Waals surface area contributed by atoms with Gasteiger partial charge in [0.2, 0.25) is 11.8 Å². The number of benzene rings is 1. The molecule has 0 N–H and O–H groups in total. The van der Waals surface area contributed by atoms with Crippen molar-refractivity contribution in [2.24, 2.45) is 11.3 Å². The molecule has 3 fully saturated rings. The molecule has 7 nitrogen and oxygen atoms in total. The number of allylic oxidation sites excluding steroid dienone is 5. The lowest BCUT2D eigenvalue weighted by Gasteiger charge is -2.34. The van der Waals surface area contributed by atoms with Gasteiger partial charge in [0.05, 0.1) is 11.1 Å². The van der Waals surface area contributed by atoms with E-state index in [2.05, 4.69) is 0 Å². The van der Waals surface area contributed by atoms with Crippen molar-refractivity contribution in [1.82, 2.24) is 14.7 Å². The number of rotatable bonds is 4. The summed E-state index contributed by atoms with van der Waals surface area (Å²) < 4.78 is 18.8. The van der Waals surface area contributed by atoms with Gasteiger partial charge in [-0.15, -0.1) is 0 Å². The monoisotopic (exact) mass is 575 g/mol. The van der Waals surface area contributed by atoms with Crippen molar-refractivity contribution in [3.05, 3.63) is 63.4 Å². The average Bonchev–Trinajstić information content (AvgIpc) is 3.53. The van der Waals surface area contributed by atoms with Crippen LogP contribution in [0.5, 0.6) is 5.75 Å². The molecule has 2 aliphatic carbocycles. The zero-order chi connectivity index (χ0) is 27.9. The van der Waals surface area contributed by atoms with Crippen molar-refractivity contribution in [2.45, 2.75) is 45.1 Å². The zero-order valence-electron chi connectivity index (χ0n) is 22.1. The lowest BCUT2D eigenvalue weighted by molar-refractivity contribution is -0.142. The molecule has 1 saturated carbocycles. The van der Waals surface area contributed by atoms with Gasteiger partial charge in [0.15, 0.2) is 0 Å². The zero-order valence-corrected chi connectivity index (χ0v) is 23.6. The van der Waals surface area contributed by atoms with E-state index < -0.39 is 18.0 Å². The van der Waals surface area contributed by atoms with Crippen LogP contribution in [0.25, 0.3) is 0 Å². The van der Waals surface area contributed by atoms with Crippen LogP contribution >= 0.6 is 23.2 Å². The van der Waals surface area contributed by atoms with Crippen LogP contribution in [0.4, 0.5) is 9.18 Å². The summed E-state index contributed by atoms with van der Waals surface area (Å²) in [6.07, 6.45) is 6.53. The molecule has 5 rings (SSSR count). The molecule has 39 heavy (non-hydrogen) atoms. The van der Waals surface area contributed by atoms with Crippen LogP contribution in [0.2, 0.25) is 0 Å². The fraction of sp³-hybridized carbons (Fsp3) is 0.483. The van der Waals surface area contributed by atoms with Gasteiger partial charge in [-0.1, -0.05) is 36.2 Å². The van der Waals surface area contributed by atoms with E-state index in [-0.39, 0.29) is 28.9 Å². The Morgan fingerprint density at radius 1 is 1.05 bits per heavy atom. The Kier molecular flexibility index (Phi) is 7.80. The molecular weight excluding hydrogens is 544 g/mol. The van der Waals surface area contributed by atoms with Gasteiger partial charge in [-0.05, 0) is 67.2 Å². The quantitative estimate of drug-likeness (QED) is 0.478. The first kappa shape index (κ1) is 27.7. The van der Waals surface area contributed by atoms with Crippen LogP contribution in [0.1, 0.15) is 39.0 Å². The van der Waals surface area contributed by atoms with Crippen molar-refractivity contribution in [3.8, 4) is 5.75 Å². The fourth-order valence-corrected chi connectivity index (χ4v) is 5.84. The highest BCUT2D eigenvalue weighted by molar-refractivity contribution is 6.40. The van der Waals surface area contributed by atoms with Gasteiger partial charge < -0.3 is 19.4 Å². The van der Waals surface area contributed by atoms with Gasteiger partial charge >= 0.3 is 6.09 Å². The molecule has 0 bridgehead atoms. The Morgan fingerprint density at radius 2 is 1.72 bits per heavy atom. The number of hydrogen-bond donors (Lipinski definition) is 0. The molecule has 2 saturated heterocycles. The molecule has 10 heteroatoms. The highest BCUT2D eigenvalue weighted by atomic mass is 35.5. The number of carbonyl (C=O) groups is 3. The number of likely N-dealkylation sites (N-methyl/N-ethyl adjacent to an activating group) is 1. The van der Waals surface area contributed by atoms with E-state index in [0.29, 0.717) is 55.5 Å². The number of amides is 3. The molecule has 0 radical (unpaired) electrons. The second-order valence-electron chi connectivity index (χ2n) is 11.1. The van der Waals surface area contributed by atoms with Crippen molar-refractivity contribution >= 4 is 41.1 Å². The summed E-state index contributed by atoms with van der Waals surface area (Å²) in [4.78, 5) is 44.6. The highest BCUT2D eigenvalue weighted by Gasteiger charge is 2.48. The summed E-state index contributed by atoms with van der Waals surface area (Å²) in [5, 5.41) is 0.970. The summed E-state index contributed by atoms with van der Waals surface area (Å²) in [5.41, 5.74) is 1.60. The minimum atomic E-state index is -0.612. The first-order valence-electron chi connectivity index (χ1n) is 13.3. The number of halogens is 3. The molecule has 0 aromatic heterocycles. The second-order valence-corrected chi connectivity index (χ2v) is 12.0. The standard InChI is InChI=1S/C29H32Cl2FN3O4/c1-29(11-12-29)27(37)34-13-9-18(10-14-34)26(36)35-16-22(19-3-8-23(30)24(31)15-19)25(17-35)33(2)28(38)39-21-6-4-20(32)5-7-21/h3-8,18,25H,9-17H2,1-2H3/b22-19+/t25-/m0/s1. The Bertz CT molecular complexity index is 1260. The van der Waals surface area contributed by atoms with Gasteiger partial charge in [-0.25, -0.2) is 9.18 Å². The molecule has 0 unspecified atom stereocenters. The molecule has 1 aromatic carbocycles. The first-order valence-corrected chi connectivity index (χ1v) is 14.0. The Hall–Kier alpha value is -2.84. The van der Waals surface area contributed by atoms with E-state index in [9.17, 15) is 18.8 Å². The molecular formula is C29H32Cl2FN3O4. The molecule has 1 atom stereocenters. The lowest BCUT2D eigenvalue weighted by Crippen LogP contribution is -2.46. The number of piperidine rings is 1. The van der Waals surface area contributed by atoms with Gasteiger partial charge in [-0.2, -0.15) is 0 Å². The lowest BCUT2D eigenvalue weighted by atomic mass is 9.94. The van der Waals surface area contributed by atoms with Gasteiger partial charge in [0.25, 0.3) is 0 Å². The third-order valence-corrected chi connectivity index (χ3v) is 9.13. The maximum Gasteiger partial charge on any atom is 0.415 e. The van der Waals surface area contributed by atoms with Gasteiger partial charge in [0, 0.05) is 56.0 Å². The topological polar surface area (TPSA) is 70.2 Å². The second kappa shape index (κ2) is 11.0. The SMILES string of the molecule is CN(C(=O)Oc1ccc(F)cc1)[C@H]1CN(C(=O)C2CCN(C(=O)C3(C)CC3)CC2)C/C1=C1/C=CC(Cl)=C(Cl)C1. The minimum absolute atomic E-state index is 0.0279. The molecule has 0 spiro atoms. The van der Waals surface area contributed by atoms with Crippen LogP contribution in [0, 0.1) is 17.2 Å². The molecule has 3 amide bonds. The molecule has 208 valence electrons. The smallest absolute Gasteiger partial charge is 0.410 e. The average molecular weight is 576 g/mol. The maximum absolute atomic E-state index is 13.6. The fourth-order valence-electron chi connectivity index (χ4n) is 5.50. The summed E-state index contributed by atoms with van der Waals surface area (Å²) in [7, 11) is 1.63. The highest BCUT2D eigenvalue weighted by Crippen LogP contribution is 2.47. The third kappa shape index (κ3) is 5.87. The number of hydrogen-bond acceptors (Lipinski definition) is 4. The number of carbonyl (C=O) groups excluding carboxylic acids is 3. The van der Waals surface area contributed by atoms with E-state index in [1.54, 1.807) is 18.0 Å². The van der Waals surface area contributed by atoms with Crippen LogP contribution in [-0.2, 0) is 9.59 Å². The Morgan fingerprint density at radius 3 is 2.33 bits per heavy atom. The summed E-state index contributed by atoms with van der Waals surface area (Å²) in [5.74, 6) is -0.145. The Balaban J connectivity index is 1.30. The van der Waals surface area contributed by atoms with E-state index in [0.717, 1.165) is 24.0 Å². The Labute approximate surface area is 237 Å². The third-order valence-electron chi connectivity index (χ3n) is 8.34. The normalized spacial score (nSPS) is 24.7. The predicted octanol–water partition coefficient (Wildman–Crippen LogP) is 5.45. The summed E-state index contributed by atoms with van der Waals surface area (Å²) in [6, 6.07) is 4.80. The molecule has 2 heterocycles. The van der Waals surface area contributed by atoms with E-state index in [1.165, 1.54) is 29.2 Å². The molecule has 1 aromatic rings. The summed E-state index contributed by atoms with van der Waals surface area (Å²) in [6.45, 7) is 3.85. The van der Waals surface area contributed by atoms with Crippen molar-refractivity contribution < 1.29 is 23.5 Å². The number of nitrogens with zero attached hydrogens (tertiary/aromatic N) is 3. The van der Waals surface area contributed by atoms with Gasteiger partial charge in [-0.3, -0.25) is 9.59 Å². The van der Waals surface area contributed by atoms with Crippen LogP contribution < -0.4 is 4.74 Å². The van der Waals surface area contributed by atoms with E-state index in [4.69, 9.17) is 27.9 Å². The number of likely N-dealkylation sites (tertiary alicyclic amines) is 2. The van der Waals surface area contributed by atoms with Gasteiger partial charge in [0.1, 0.15) is 11.6 Å². The van der Waals surface area contributed by atoms with Crippen LogP contribution in [-0.4, -0.2) is 71.9 Å². The van der Waals surface area contributed by atoms with Crippen LogP contribution in [0.3, 0.4) is 0 Å². The van der Waals surface area contributed by atoms with Crippen molar-refractivity contribution in [1.29, 1.82) is 0 Å². The molecule has 2 aliphatic heterocycles. The summed E-state index contributed by atoms with van der Waals surface area (Å²) >= 11 is 12.5. The van der Waals surface area contributed by atoms with E-state index in [1.807, 2.05) is 17.9 Å². The van der Waals surface area contributed by atoms with Crippen molar-refractivity contribution in [2.75, 3.05) is 33.2 Å². The maximum atomic E-state index is 13.6. The number of ether oxygens (including phenoxy) is 1. The van der Waals surface area contributed by atoms with E-state index >= 15 is 0 Å². The predicted molar refractivity (Wildman–Crippen MR) is 147 cm³/mol. The first-order chi connectivity index (χ1) is 18.6. The van der Waals surface area contributed by atoms with Crippen LogP contribution in [0.15, 0.2) is 57.6 Å². The minimum Gasteiger partial charge on any atom is -0.410 e. The molecule has 4 aliphatic rings.